The molecule has 3 rings (SSSR count). The normalized spacial score (nSPS) is 16.8. The second kappa shape index (κ2) is 4.41. The highest BCUT2D eigenvalue weighted by Gasteiger charge is 2.32. The van der Waals surface area contributed by atoms with Gasteiger partial charge in [0.25, 0.3) is 0 Å². The summed E-state index contributed by atoms with van der Waals surface area (Å²) in [5.41, 5.74) is 4.62. The van der Waals surface area contributed by atoms with Crippen molar-refractivity contribution >= 4 is 5.78 Å². The van der Waals surface area contributed by atoms with E-state index in [2.05, 4.69) is 25.1 Å². The molecule has 18 heavy (non-hydrogen) atoms. The van der Waals surface area contributed by atoms with E-state index in [1.54, 1.807) is 0 Å². The van der Waals surface area contributed by atoms with Gasteiger partial charge in [-0.15, -0.1) is 0 Å². The van der Waals surface area contributed by atoms with E-state index in [1.807, 2.05) is 30.3 Å². The van der Waals surface area contributed by atoms with Crippen molar-refractivity contribution in [2.24, 2.45) is 0 Å². The SMILES string of the molecule is CCc1cccc(C(=O)C2Cc3ccccc32)c1. The van der Waals surface area contributed by atoms with Crippen LogP contribution in [0.15, 0.2) is 48.5 Å². The van der Waals surface area contributed by atoms with Crippen LogP contribution in [0.25, 0.3) is 0 Å². The summed E-state index contributed by atoms with van der Waals surface area (Å²) in [5.74, 6) is 0.345. The topological polar surface area (TPSA) is 17.1 Å². The number of benzene rings is 2. The van der Waals surface area contributed by atoms with Gasteiger partial charge in [-0.25, -0.2) is 0 Å². The molecule has 0 N–H and O–H groups in total. The maximum atomic E-state index is 12.5. The summed E-state index contributed by atoms with van der Waals surface area (Å²) in [7, 11) is 0. The van der Waals surface area contributed by atoms with Gasteiger partial charge in [-0.3, -0.25) is 4.79 Å². The Kier molecular flexibility index (Phi) is 2.75. The van der Waals surface area contributed by atoms with Crippen molar-refractivity contribution in [2.45, 2.75) is 25.7 Å². The van der Waals surface area contributed by atoms with Gasteiger partial charge in [-0.2, -0.15) is 0 Å². The van der Waals surface area contributed by atoms with Crippen LogP contribution >= 0.6 is 0 Å². The Bertz CT molecular complexity index is 598. The largest absolute Gasteiger partial charge is 0.293 e. The van der Waals surface area contributed by atoms with Gasteiger partial charge in [-0.1, -0.05) is 49.4 Å². The highest BCUT2D eigenvalue weighted by atomic mass is 16.1. The van der Waals surface area contributed by atoms with E-state index in [4.69, 9.17) is 0 Å². The monoisotopic (exact) mass is 236 g/mol. The van der Waals surface area contributed by atoms with Crippen LogP contribution in [0, 0.1) is 0 Å². The minimum Gasteiger partial charge on any atom is -0.293 e. The van der Waals surface area contributed by atoms with Gasteiger partial charge in [0.2, 0.25) is 0 Å². The number of aryl methyl sites for hydroxylation is 1. The lowest BCUT2D eigenvalue weighted by Crippen LogP contribution is -2.25. The lowest BCUT2D eigenvalue weighted by molar-refractivity contribution is 0.0949. The lowest BCUT2D eigenvalue weighted by atomic mass is 9.74. The Morgan fingerprint density at radius 1 is 1.17 bits per heavy atom. The fourth-order valence-electron chi connectivity index (χ4n) is 2.64. The number of carbonyl (C=O) groups is 1. The van der Waals surface area contributed by atoms with Gasteiger partial charge in [0, 0.05) is 5.56 Å². The van der Waals surface area contributed by atoms with E-state index in [0.29, 0.717) is 0 Å². The van der Waals surface area contributed by atoms with Crippen LogP contribution in [0.1, 0.15) is 39.9 Å². The molecule has 1 aliphatic carbocycles. The van der Waals surface area contributed by atoms with Crippen LogP contribution < -0.4 is 0 Å². The van der Waals surface area contributed by atoms with E-state index in [-0.39, 0.29) is 11.7 Å². The van der Waals surface area contributed by atoms with Crippen molar-refractivity contribution in [3.63, 3.8) is 0 Å². The highest BCUT2D eigenvalue weighted by molar-refractivity contribution is 6.02. The third kappa shape index (κ3) is 1.76. The molecule has 1 heteroatoms. The van der Waals surface area contributed by atoms with Crippen molar-refractivity contribution in [3.05, 3.63) is 70.8 Å². The zero-order chi connectivity index (χ0) is 12.5. The van der Waals surface area contributed by atoms with Crippen molar-refractivity contribution in [2.75, 3.05) is 0 Å². The van der Waals surface area contributed by atoms with Crippen molar-refractivity contribution < 1.29 is 4.79 Å². The van der Waals surface area contributed by atoms with Crippen LogP contribution in [-0.2, 0) is 12.8 Å². The summed E-state index contributed by atoms with van der Waals surface area (Å²) in [6, 6.07) is 16.3. The molecule has 0 aromatic heterocycles. The second-order valence-electron chi connectivity index (χ2n) is 4.87. The number of ketones is 1. The third-order valence-electron chi connectivity index (χ3n) is 3.79. The first kappa shape index (κ1) is 11.2. The number of hydrogen-bond donors (Lipinski definition) is 0. The van der Waals surface area contributed by atoms with Crippen LogP contribution in [0.2, 0.25) is 0 Å². The fraction of sp³-hybridized carbons (Fsp3) is 0.235. The van der Waals surface area contributed by atoms with Gasteiger partial charge in [-0.05, 0) is 35.6 Å². The Morgan fingerprint density at radius 2 is 2.00 bits per heavy atom. The molecular formula is C17H16O. The number of fused-ring (bicyclic) bond motifs is 1. The number of Topliss-reactive ketones (excluding diaryl/α,β-unsaturated/α-hetero) is 1. The smallest absolute Gasteiger partial charge is 0.170 e. The summed E-state index contributed by atoms with van der Waals surface area (Å²) < 4.78 is 0. The first-order valence-corrected chi connectivity index (χ1v) is 6.50. The van der Waals surface area contributed by atoms with Gasteiger partial charge in [0.05, 0.1) is 5.92 Å². The molecule has 1 unspecified atom stereocenters. The maximum Gasteiger partial charge on any atom is 0.170 e. The fourth-order valence-corrected chi connectivity index (χ4v) is 2.64. The quantitative estimate of drug-likeness (QED) is 0.741. The predicted molar refractivity (Wildman–Crippen MR) is 73.0 cm³/mol. The van der Waals surface area contributed by atoms with Crippen LogP contribution in [0.4, 0.5) is 0 Å². The minimum absolute atomic E-state index is 0.0771. The Hall–Kier alpha value is -1.89. The molecule has 0 aliphatic heterocycles. The molecule has 0 fully saturated rings. The molecule has 1 aliphatic rings. The molecule has 0 spiro atoms. The first-order valence-electron chi connectivity index (χ1n) is 6.50. The average molecular weight is 236 g/mol. The third-order valence-corrected chi connectivity index (χ3v) is 3.79. The van der Waals surface area contributed by atoms with Gasteiger partial charge >= 0.3 is 0 Å². The molecule has 2 aromatic rings. The molecule has 0 saturated heterocycles. The summed E-state index contributed by atoms with van der Waals surface area (Å²) in [6.07, 6.45) is 1.87. The summed E-state index contributed by atoms with van der Waals surface area (Å²) in [4.78, 5) is 12.5. The summed E-state index contributed by atoms with van der Waals surface area (Å²) in [5, 5.41) is 0. The van der Waals surface area contributed by atoms with Crippen molar-refractivity contribution in [1.29, 1.82) is 0 Å². The molecule has 0 amide bonds. The highest BCUT2D eigenvalue weighted by Crippen LogP contribution is 2.37. The van der Waals surface area contributed by atoms with Gasteiger partial charge < -0.3 is 0 Å². The molecule has 0 saturated carbocycles. The van der Waals surface area contributed by atoms with E-state index >= 15 is 0 Å². The van der Waals surface area contributed by atoms with Crippen LogP contribution in [0.3, 0.4) is 0 Å². The zero-order valence-electron chi connectivity index (χ0n) is 10.5. The van der Waals surface area contributed by atoms with E-state index in [9.17, 15) is 4.79 Å². The second-order valence-corrected chi connectivity index (χ2v) is 4.87. The minimum atomic E-state index is 0.0771. The predicted octanol–water partition coefficient (Wildman–Crippen LogP) is 3.77. The molecule has 2 aromatic carbocycles. The number of carbonyl (C=O) groups excluding carboxylic acids is 1. The van der Waals surface area contributed by atoms with Gasteiger partial charge in [0.1, 0.15) is 0 Å². The van der Waals surface area contributed by atoms with Crippen molar-refractivity contribution in [1.82, 2.24) is 0 Å². The van der Waals surface area contributed by atoms with Gasteiger partial charge in [0.15, 0.2) is 5.78 Å². The van der Waals surface area contributed by atoms with Crippen molar-refractivity contribution in [3.8, 4) is 0 Å². The zero-order valence-corrected chi connectivity index (χ0v) is 10.5. The molecule has 1 nitrogen and oxygen atoms in total. The molecule has 0 radical (unpaired) electrons. The Balaban J connectivity index is 1.89. The van der Waals surface area contributed by atoms with Crippen LogP contribution in [0.5, 0.6) is 0 Å². The molecule has 90 valence electrons. The average Bonchev–Trinajstić information content (AvgIpc) is 2.40. The standard InChI is InChI=1S/C17H16O/c1-2-12-6-5-8-14(10-12)17(18)16-11-13-7-3-4-9-15(13)16/h3-10,16H,2,11H2,1H3. The number of rotatable bonds is 3. The maximum absolute atomic E-state index is 12.5. The first-order chi connectivity index (χ1) is 8.79. The lowest BCUT2D eigenvalue weighted by Gasteiger charge is -2.28. The summed E-state index contributed by atoms with van der Waals surface area (Å²) in [6.45, 7) is 2.11. The molecule has 0 heterocycles. The van der Waals surface area contributed by atoms with Crippen LogP contribution in [-0.4, -0.2) is 5.78 Å². The Morgan fingerprint density at radius 3 is 2.78 bits per heavy atom. The Labute approximate surface area is 107 Å². The van der Waals surface area contributed by atoms with E-state index in [1.165, 1.54) is 16.7 Å². The summed E-state index contributed by atoms with van der Waals surface area (Å²) >= 11 is 0. The number of hydrogen-bond acceptors (Lipinski definition) is 1. The molecule has 0 bridgehead atoms. The molecular weight excluding hydrogens is 220 g/mol. The van der Waals surface area contributed by atoms with E-state index < -0.39 is 0 Å². The molecule has 1 atom stereocenters. The van der Waals surface area contributed by atoms with E-state index in [0.717, 1.165) is 18.4 Å².